The van der Waals surface area contributed by atoms with E-state index in [1.807, 2.05) is 25.1 Å². The molecule has 140 valence electrons. The average molecular weight is 354 g/mol. The number of rotatable bonds is 12. The number of hydrogen-bond donors (Lipinski definition) is 0. The molecule has 0 saturated carbocycles. The lowest BCUT2D eigenvalue weighted by Crippen LogP contribution is -2.32. The Labute approximate surface area is 157 Å². The summed E-state index contributed by atoms with van der Waals surface area (Å²) >= 11 is 0. The van der Waals surface area contributed by atoms with Gasteiger partial charge in [-0.25, -0.2) is 0 Å². The van der Waals surface area contributed by atoms with Crippen LogP contribution in [0.5, 0.6) is 0 Å². The van der Waals surface area contributed by atoms with Crippen molar-refractivity contribution in [1.29, 1.82) is 0 Å². The Bertz CT molecular complexity index is 612. The van der Waals surface area contributed by atoms with E-state index in [9.17, 15) is 9.59 Å². The number of hydrogen-bond acceptors (Lipinski definition) is 2. The molecule has 3 nitrogen and oxygen atoms in total. The topological polar surface area (TPSA) is 37.4 Å². The predicted octanol–water partition coefficient (Wildman–Crippen LogP) is 5.52. The van der Waals surface area contributed by atoms with E-state index in [1.165, 1.54) is 67.6 Å². The molecule has 1 heterocycles. The van der Waals surface area contributed by atoms with Gasteiger partial charge in [0.15, 0.2) is 0 Å². The van der Waals surface area contributed by atoms with Crippen LogP contribution >= 0.6 is 0 Å². The molecule has 0 saturated heterocycles. The molecule has 0 N–H and O–H groups in total. The maximum atomic E-state index is 11.8. The Morgan fingerprint density at radius 3 is 2.00 bits per heavy atom. The summed E-state index contributed by atoms with van der Waals surface area (Å²) in [5.74, 6) is -0.452. The Hall–Kier alpha value is -2.16. The van der Waals surface area contributed by atoms with Gasteiger partial charge in [-0.05, 0) is 43.7 Å². The number of carbonyl (C=O) groups excluding carboxylic acids is 2. The second-order valence-electron chi connectivity index (χ2n) is 7.10. The molecule has 0 aromatic heterocycles. The molecule has 0 unspecified atom stereocenters. The van der Waals surface area contributed by atoms with Crippen LogP contribution < -0.4 is 0 Å². The first-order valence-electron chi connectivity index (χ1n) is 9.88. The quantitative estimate of drug-likeness (QED) is 0.282. The highest BCUT2D eigenvalue weighted by Gasteiger charge is 2.29. The van der Waals surface area contributed by atoms with E-state index in [2.05, 4.69) is 18.7 Å². The van der Waals surface area contributed by atoms with Crippen LogP contribution in [-0.2, 0) is 16.0 Å². The number of unbranched alkanes of at least 4 members (excludes halogenated alkanes) is 7. The van der Waals surface area contributed by atoms with Crippen LogP contribution in [0.1, 0.15) is 75.5 Å². The summed E-state index contributed by atoms with van der Waals surface area (Å²) in [5, 5.41) is 0. The highest BCUT2D eigenvalue weighted by Crippen LogP contribution is 2.24. The molecular formula is C23H31NO2. The Balaban J connectivity index is 1.67. The SMILES string of the molecule is C=CCCCCCCCCCc1ccc([C@H](C)N2C(=O)C=CC2=O)cc1. The van der Waals surface area contributed by atoms with E-state index >= 15 is 0 Å². The van der Waals surface area contributed by atoms with Gasteiger partial charge >= 0.3 is 0 Å². The van der Waals surface area contributed by atoms with Crippen LogP contribution in [0.4, 0.5) is 0 Å². The number of allylic oxidation sites excluding steroid dienone is 1. The van der Waals surface area contributed by atoms with Crippen LogP contribution in [0, 0.1) is 0 Å². The third kappa shape index (κ3) is 5.98. The number of benzene rings is 1. The van der Waals surface area contributed by atoms with Crippen LogP contribution in [0.3, 0.4) is 0 Å². The first kappa shape index (κ1) is 20.2. The van der Waals surface area contributed by atoms with Gasteiger partial charge in [0.25, 0.3) is 11.8 Å². The summed E-state index contributed by atoms with van der Waals surface area (Å²) in [6.45, 7) is 5.65. The minimum atomic E-state index is -0.226. The standard InChI is InChI=1S/C23H31NO2/c1-3-4-5-6-7-8-9-10-11-12-20-13-15-21(16-14-20)19(2)24-22(25)17-18-23(24)26/h3,13-19H,1,4-12H2,2H3/t19-/m0/s1. The normalized spacial score (nSPS) is 14.9. The van der Waals surface area contributed by atoms with Crippen LogP contribution in [0.15, 0.2) is 49.1 Å². The van der Waals surface area contributed by atoms with Gasteiger partial charge in [0.2, 0.25) is 0 Å². The Morgan fingerprint density at radius 2 is 1.42 bits per heavy atom. The molecule has 3 heteroatoms. The van der Waals surface area contributed by atoms with Gasteiger partial charge in [0.1, 0.15) is 0 Å². The van der Waals surface area contributed by atoms with E-state index in [-0.39, 0.29) is 17.9 Å². The predicted molar refractivity (Wildman–Crippen MR) is 107 cm³/mol. The van der Waals surface area contributed by atoms with Gasteiger partial charge < -0.3 is 0 Å². The third-order valence-corrected chi connectivity index (χ3v) is 5.07. The van der Waals surface area contributed by atoms with Gasteiger partial charge in [-0.3, -0.25) is 14.5 Å². The third-order valence-electron chi connectivity index (χ3n) is 5.07. The molecular weight excluding hydrogens is 322 g/mol. The summed E-state index contributed by atoms with van der Waals surface area (Å²) in [7, 11) is 0. The number of carbonyl (C=O) groups is 2. The smallest absolute Gasteiger partial charge is 0.254 e. The number of aryl methyl sites for hydroxylation is 1. The highest BCUT2D eigenvalue weighted by atomic mass is 16.2. The fourth-order valence-electron chi connectivity index (χ4n) is 3.41. The van der Waals surface area contributed by atoms with Crippen LogP contribution in [-0.4, -0.2) is 16.7 Å². The van der Waals surface area contributed by atoms with E-state index in [4.69, 9.17) is 0 Å². The van der Waals surface area contributed by atoms with Crippen molar-refractivity contribution in [2.45, 2.75) is 70.8 Å². The zero-order chi connectivity index (χ0) is 18.8. The first-order valence-corrected chi connectivity index (χ1v) is 9.88. The van der Waals surface area contributed by atoms with Crippen molar-refractivity contribution in [3.63, 3.8) is 0 Å². The molecule has 0 radical (unpaired) electrons. The van der Waals surface area contributed by atoms with Crippen molar-refractivity contribution in [3.8, 4) is 0 Å². The molecule has 26 heavy (non-hydrogen) atoms. The first-order chi connectivity index (χ1) is 12.6. The largest absolute Gasteiger partial charge is 0.269 e. The van der Waals surface area contributed by atoms with Crippen molar-refractivity contribution < 1.29 is 9.59 Å². The van der Waals surface area contributed by atoms with E-state index in [0.29, 0.717) is 0 Å². The summed E-state index contributed by atoms with van der Waals surface area (Å²) in [4.78, 5) is 24.9. The Morgan fingerprint density at radius 1 is 0.885 bits per heavy atom. The van der Waals surface area contributed by atoms with Gasteiger partial charge in [-0.1, -0.05) is 62.4 Å². The van der Waals surface area contributed by atoms with E-state index < -0.39 is 0 Å². The van der Waals surface area contributed by atoms with Crippen molar-refractivity contribution in [3.05, 3.63) is 60.2 Å². The second kappa shape index (κ2) is 10.7. The van der Waals surface area contributed by atoms with Gasteiger partial charge in [-0.15, -0.1) is 6.58 Å². The van der Waals surface area contributed by atoms with Crippen molar-refractivity contribution >= 4 is 11.8 Å². The molecule has 0 fully saturated rings. The van der Waals surface area contributed by atoms with E-state index in [1.54, 1.807) is 0 Å². The molecule has 1 aromatic rings. The van der Waals surface area contributed by atoms with Crippen LogP contribution in [0.2, 0.25) is 0 Å². The fraction of sp³-hybridized carbons (Fsp3) is 0.478. The molecule has 1 atom stereocenters. The lowest BCUT2D eigenvalue weighted by molar-refractivity contribution is -0.139. The maximum absolute atomic E-state index is 11.8. The van der Waals surface area contributed by atoms with Crippen molar-refractivity contribution in [2.24, 2.45) is 0 Å². The lowest BCUT2D eigenvalue weighted by Gasteiger charge is -2.22. The number of nitrogens with zero attached hydrogens (tertiary/aromatic N) is 1. The number of imide groups is 1. The summed E-state index contributed by atoms with van der Waals surface area (Å²) in [5.41, 5.74) is 2.32. The molecule has 1 aliphatic heterocycles. The minimum Gasteiger partial charge on any atom is -0.269 e. The number of amides is 2. The zero-order valence-electron chi connectivity index (χ0n) is 16.0. The highest BCUT2D eigenvalue weighted by molar-refractivity contribution is 6.13. The van der Waals surface area contributed by atoms with Gasteiger partial charge in [0, 0.05) is 12.2 Å². The van der Waals surface area contributed by atoms with E-state index in [0.717, 1.165) is 18.4 Å². The molecule has 1 aliphatic rings. The maximum Gasteiger partial charge on any atom is 0.254 e. The Kier molecular flexibility index (Phi) is 8.33. The molecule has 0 aliphatic carbocycles. The monoisotopic (exact) mass is 353 g/mol. The summed E-state index contributed by atoms with van der Waals surface area (Å²) < 4.78 is 0. The molecule has 2 rings (SSSR count). The minimum absolute atomic E-state index is 0.222. The molecule has 0 bridgehead atoms. The lowest BCUT2D eigenvalue weighted by atomic mass is 10.0. The zero-order valence-corrected chi connectivity index (χ0v) is 16.0. The average Bonchev–Trinajstić information content (AvgIpc) is 2.98. The second-order valence-corrected chi connectivity index (χ2v) is 7.10. The molecule has 1 aromatic carbocycles. The molecule has 2 amide bonds. The molecule has 0 spiro atoms. The van der Waals surface area contributed by atoms with Gasteiger partial charge in [-0.2, -0.15) is 0 Å². The van der Waals surface area contributed by atoms with Crippen LogP contribution in [0.25, 0.3) is 0 Å². The van der Waals surface area contributed by atoms with Crippen molar-refractivity contribution in [1.82, 2.24) is 4.90 Å². The summed E-state index contributed by atoms with van der Waals surface area (Å²) in [6, 6.07) is 8.11. The summed E-state index contributed by atoms with van der Waals surface area (Å²) in [6.07, 6.45) is 16.0. The van der Waals surface area contributed by atoms with Gasteiger partial charge in [0.05, 0.1) is 6.04 Å². The van der Waals surface area contributed by atoms with Crippen molar-refractivity contribution in [2.75, 3.05) is 0 Å². The fourth-order valence-corrected chi connectivity index (χ4v) is 3.41.